The van der Waals surface area contributed by atoms with Crippen LogP contribution in [0, 0.1) is 0 Å². The van der Waals surface area contributed by atoms with Gasteiger partial charge in [-0.25, -0.2) is 4.68 Å². The highest BCUT2D eigenvalue weighted by atomic mass is 15.4. The van der Waals surface area contributed by atoms with E-state index in [1.807, 2.05) is 10.9 Å². The second-order valence-corrected chi connectivity index (χ2v) is 4.67. The Morgan fingerprint density at radius 3 is 2.89 bits per heavy atom. The molecule has 0 amide bonds. The van der Waals surface area contributed by atoms with E-state index in [0.717, 1.165) is 24.5 Å². The fourth-order valence-corrected chi connectivity index (χ4v) is 1.86. The van der Waals surface area contributed by atoms with Crippen LogP contribution in [-0.4, -0.2) is 21.5 Å². The molecule has 0 saturated heterocycles. The number of nitrogens with zero attached hydrogens (tertiary/aromatic N) is 3. The summed E-state index contributed by atoms with van der Waals surface area (Å²) in [6.07, 6.45) is 1.81. The molecule has 0 aliphatic rings. The van der Waals surface area contributed by atoms with Gasteiger partial charge in [0.25, 0.3) is 0 Å². The Morgan fingerprint density at radius 1 is 1.33 bits per heavy atom. The molecule has 4 heteroatoms. The maximum atomic E-state index is 4.17. The Kier molecular flexibility index (Phi) is 4.10. The van der Waals surface area contributed by atoms with Gasteiger partial charge in [0.1, 0.15) is 0 Å². The summed E-state index contributed by atoms with van der Waals surface area (Å²) in [7, 11) is 0. The van der Waals surface area contributed by atoms with E-state index in [1.54, 1.807) is 0 Å². The number of nitrogens with one attached hydrogen (secondary N) is 1. The summed E-state index contributed by atoms with van der Waals surface area (Å²) < 4.78 is 1.90. The zero-order valence-corrected chi connectivity index (χ0v) is 11.2. The highest BCUT2D eigenvalue weighted by molar-refractivity contribution is 5.37. The molecule has 0 aliphatic heterocycles. The van der Waals surface area contributed by atoms with Crippen molar-refractivity contribution in [2.45, 2.75) is 33.2 Å². The molecule has 0 unspecified atom stereocenters. The van der Waals surface area contributed by atoms with Gasteiger partial charge in [0.15, 0.2) is 0 Å². The van der Waals surface area contributed by atoms with E-state index in [1.165, 1.54) is 5.56 Å². The standard InChI is InChI=1S/C14H20N4/c1-4-15-9-14-10-16-17-18(14)13-7-5-6-12(8-13)11(2)3/h5-8,10-11,15H,4,9H2,1-3H3. The van der Waals surface area contributed by atoms with E-state index < -0.39 is 0 Å². The van der Waals surface area contributed by atoms with Gasteiger partial charge < -0.3 is 5.32 Å². The number of hydrogen-bond acceptors (Lipinski definition) is 3. The molecule has 0 saturated carbocycles. The normalized spacial score (nSPS) is 11.1. The third-order valence-electron chi connectivity index (χ3n) is 2.96. The van der Waals surface area contributed by atoms with Crippen LogP contribution in [0.15, 0.2) is 30.5 Å². The van der Waals surface area contributed by atoms with Crippen LogP contribution in [0.4, 0.5) is 0 Å². The van der Waals surface area contributed by atoms with Crippen molar-refractivity contribution in [1.29, 1.82) is 0 Å². The van der Waals surface area contributed by atoms with Crippen molar-refractivity contribution >= 4 is 0 Å². The van der Waals surface area contributed by atoms with E-state index in [-0.39, 0.29) is 0 Å². The molecule has 0 aliphatic carbocycles. The topological polar surface area (TPSA) is 42.7 Å². The third-order valence-corrected chi connectivity index (χ3v) is 2.96. The molecule has 2 rings (SSSR count). The van der Waals surface area contributed by atoms with Crippen LogP contribution in [0.5, 0.6) is 0 Å². The molecule has 0 atom stereocenters. The first-order valence-electron chi connectivity index (χ1n) is 6.43. The number of benzene rings is 1. The maximum Gasteiger partial charge on any atom is 0.0783 e. The minimum absolute atomic E-state index is 0.519. The van der Waals surface area contributed by atoms with Crippen molar-refractivity contribution in [3.8, 4) is 5.69 Å². The smallest absolute Gasteiger partial charge is 0.0783 e. The van der Waals surface area contributed by atoms with Gasteiger partial charge in [0.05, 0.1) is 17.6 Å². The molecule has 96 valence electrons. The lowest BCUT2D eigenvalue weighted by atomic mass is 10.0. The second kappa shape index (κ2) is 5.78. The molecule has 0 radical (unpaired) electrons. The quantitative estimate of drug-likeness (QED) is 0.878. The Balaban J connectivity index is 2.30. The Bertz CT molecular complexity index is 502. The highest BCUT2D eigenvalue weighted by Gasteiger charge is 2.07. The van der Waals surface area contributed by atoms with E-state index in [0.29, 0.717) is 5.92 Å². The van der Waals surface area contributed by atoms with E-state index in [4.69, 9.17) is 0 Å². The van der Waals surface area contributed by atoms with Crippen LogP contribution in [0.3, 0.4) is 0 Å². The van der Waals surface area contributed by atoms with Gasteiger partial charge in [0, 0.05) is 6.54 Å². The summed E-state index contributed by atoms with van der Waals surface area (Å²) in [6, 6.07) is 8.46. The molecular weight excluding hydrogens is 224 g/mol. The zero-order chi connectivity index (χ0) is 13.0. The van der Waals surface area contributed by atoms with Crippen LogP contribution in [-0.2, 0) is 6.54 Å². The lowest BCUT2D eigenvalue weighted by Crippen LogP contribution is -2.15. The summed E-state index contributed by atoms with van der Waals surface area (Å²) >= 11 is 0. The summed E-state index contributed by atoms with van der Waals surface area (Å²) in [5.74, 6) is 0.519. The summed E-state index contributed by atoms with van der Waals surface area (Å²) in [4.78, 5) is 0. The van der Waals surface area contributed by atoms with Gasteiger partial charge in [-0.2, -0.15) is 0 Å². The summed E-state index contributed by atoms with van der Waals surface area (Å²) in [5, 5.41) is 11.5. The van der Waals surface area contributed by atoms with E-state index in [2.05, 4.69) is 60.7 Å². The minimum atomic E-state index is 0.519. The molecule has 0 fully saturated rings. The SMILES string of the molecule is CCNCc1cnnn1-c1cccc(C(C)C)c1. The number of hydrogen-bond donors (Lipinski definition) is 1. The molecule has 0 bridgehead atoms. The van der Waals surface area contributed by atoms with Crippen LogP contribution >= 0.6 is 0 Å². The molecule has 0 spiro atoms. The summed E-state index contributed by atoms with van der Waals surface area (Å²) in [5.41, 5.74) is 3.47. The highest BCUT2D eigenvalue weighted by Crippen LogP contribution is 2.18. The first-order valence-corrected chi connectivity index (χ1v) is 6.43. The lowest BCUT2D eigenvalue weighted by Gasteiger charge is -2.10. The molecule has 1 aromatic carbocycles. The van der Waals surface area contributed by atoms with Gasteiger partial charge in [-0.3, -0.25) is 0 Å². The van der Waals surface area contributed by atoms with E-state index >= 15 is 0 Å². The fraction of sp³-hybridized carbons (Fsp3) is 0.429. The van der Waals surface area contributed by atoms with E-state index in [9.17, 15) is 0 Å². The lowest BCUT2D eigenvalue weighted by molar-refractivity contribution is 0.672. The van der Waals surface area contributed by atoms with Crippen LogP contribution < -0.4 is 5.32 Å². The average Bonchev–Trinajstić information content (AvgIpc) is 2.84. The van der Waals surface area contributed by atoms with Gasteiger partial charge in [-0.15, -0.1) is 5.10 Å². The van der Waals surface area contributed by atoms with Crippen molar-refractivity contribution in [2.75, 3.05) is 6.54 Å². The maximum absolute atomic E-state index is 4.17. The molecule has 2 aromatic rings. The second-order valence-electron chi connectivity index (χ2n) is 4.67. The predicted octanol–water partition coefficient (Wildman–Crippen LogP) is 2.50. The monoisotopic (exact) mass is 244 g/mol. The van der Waals surface area contributed by atoms with Crippen LogP contribution in [0.2, 0.25) is 0 Å². The Morgan fingerprint density at radius 2 is 2.17 bits per heavy atom. The predicted molar refractivity (Wildman–Crippen MR) is 72.8 cm³/mol. The van der Waals surface area contributed by atoms with Crippen LogP contribution in [0.1, 0.15) is 37.9 Å². The molecule has 1 aromatic heterocycles. The molecular formula is C14H20N4. The minimum Gasteiger partial charge on any atom is -0.311 e. The zero-order valence-electron chi connectivity index (χ0n) is 11.2. The number of aromatic nitrogens is 3. The third kappa shape index (κ3) is 2.76. The molecule has 1 N–H and O–H groups in total. The van der Waals surface area contributed by atoms with Crippen molar-refractivity contribution in [3.05, 3.63) is 41.7 Å². The first kappa shape index (κ1) is 12.8. The van der Waals surface area contributed by atoms with Crippen molar-refractivity contribution in [1.82, 2.24) is 20.3 Å². The Labute approximate surface area is 108 Å². The number of rotatable bonds is 5. The first-order chi connectivity index (χ1) is 8.72. The van der Waals surface area contributed by atoms with Gasteiger partial charge in [-0.05, 0) is 30.2 Å². The van der Waals surface area contributed by atoms with Crippen LogP contribution in [0.25, 0.3) is 5.69 Å². The summed E-state index contributed by atoms with van der Waals surface area (Å²) in [6.45, 7) is 8.21. The van der Waals surface area contributed by atoms with Gasteiger partial charge >= 0.3 is 0 Å². The fourth-order valence-electron chi connectivity index (χ4n) is 1.86. The molecule has 1 heterocycles. The molecule has 18 heavy (non-hydrogen) atoms. The largest absolute Gasteiger partial charge is 0.311 e. The van der Waals surface area contributed by atoms with Crippen molar-refractivity contribution in [2.24, 2.45) is 0 Å². The van der Waals surface area contributed by atoms with Crippen molar-refractivity contribution in [3.63, 3.8) is 0 Å². The molecule has 4 nitrogen and oxygen atoms in total. The average molecular weight is 244 g/mol. The van der Waals surface area contributed by atoms with Gasteiger partial charge in [-0.1, -0.05) is 38.1 Å². The van der Waals surface area contributed by atoms with Gasteiger partial charge in [0.2, 0.25) is 0 Å². The Hall–Kier alpha value is -1.68. The van der Waals surface area contributed by atoms with Crippen molar-refractivity contribution < 1.29 is 0 Å².